The van der Waals surface area contributed by atoms with Gasteiger partial charge in [0.25, 0.3) is 0 Å². The van der Waals surface area contributed by atoms with Gasteiger partial charge in [0.15, 0.2) is 18.2 Å². The van der Waals surface area contributed by atoms with E-state index in [9.17, 15) is 0 Å². The van der Waals surface area contributed by atoms with E-state index in [1.54, 1.807) is 0 Å². The molecule has 10 heavy (non-hydrogen) atoms. The van der Waals surface area contributed by atoms with Crippen LogP contribution in [-0.4, -0.2) is 5.11 Å². The lowest BCUT2D eigenvalue weighted by molar-refractivity contribution is -0.691. The Labute approximate surface area is 60.1 Å². The average Bonchev–Trinajstić information content (AvgIpc) is 1.88. The molecule has 0 aliphatic heterocycles. The fourth-order valence-corrected chi connectivity index (χ4v) is 0.750. The zero-order valence-corrected chi connectivity index (χ0v) is 5.70. The zero-order valence-electron chi connectivity index (χ0n) is 5.70. The summed E-state index contributed by atoms with van der Waals surface area (Å²) in [6, 6.07) is 5.74. The maximum atomic E-state index is 8.79. The van der Waals surface area contributed by atoms with Crippen molar-refractivity contribution >= 4 is 0 Å². The highest BCUT2D eigenvalue weighted by Crippen LogP contribution is 1.82. The maximum absolute atomic E-state index is 8.79. The number of allylic oxidation sites excluding steroid dienone is 1. The van der Waals surface area contributed by atoms with Crippen molar-refractivity contribution < 1.29 is 9.67 Å². The molecule has 0 aliphatic rings. The standard InChI is InChI=1S/C8H9NO/c1-8(10)7-9-5-3-2-4-6-9/h2-6H,1,7H2/p+1. The molecule has 0 spiro atoms. The van der Waals surface area contributed by atoms with Gasteiger partial charge in [0.2, 0.25) is 6.54 Å². The fraction of sp³-hybridized carbons (Fsp3) is 0.125. The molecule has 2 heteroatoms. The number of aromatic nitrogens is 1. The summed E-state index contributed by atoms with van der Waals surface area (Å²) < 4.78 is 1.85. The van der Waals surface area contributed by atoms with Gasteiger partial charge < -0.3 is 5.11 Å². The van der Waals surface area contributed by atoms with Crippen LogP contribution in [0, 0.1) is 0 Å². The van der Waals surface area contributed by atoms with E-state index in [-0.39, 0.29) is 5.76 Å². The van der Waals surface area contributed by atoms with Crippen LogP contribution < -0.4 is 4.57 Å². The van der Waals surface area contributed by atoms with E-state index in [1.807, 2.05) is 35.2 Å². The van der Waals surface area contributed by atoms with Crippen LogP contribution >= 0.6 is 0 Å². The number of nitrogens with zero attached hydrogens (tertiary/aromatic N) is 1. The molecule has 0 saturated heterocycles. The molecule has 0 fully saturated rings. The van der Waals surface area contributed by atoms with Crippen molar-refractivity contribution in [2.45, 2.75) is 6.54 Å². The van der Waals surface area contributed by atoms with Crippen molar-refractivity contribution in [1.29, 1.82) is 0 Å². The first-order valence-electron chi connectivity index (χ1n) is 3.10. The third-order valence-electron chi connectivity index (χ3n) is 1.14. The lowest BCUT2D eigenvalue weighted by Crippen LogP contribution is -2.32. The Balaban J connectivity index is 2.67. The van der Waals surface area contributed by atoms with Gasteiger partial charge in [-0.3, -0.25) is 0 Å². The minimum Gasteiger partial charge on any atom is -0.506 e. The Morgan fingerprint density at radius 3 is 2.40 bits per heavy atom. The highest BCUT2D eigenvalue weighted by molar-refractivity contribution is 4.84. The highest BCUT2D eigenvalue weighted by Gasteiger charge is 1.97. The number of aliphatic hydroxyl groups excluding tert-OH is 1. The molecule has 0 unspecified atom stereocenters. The summed E-state index contributed by atoms with van der Waals surface area (Å²) >= 11 is 0. The van der Waals surface area contributed by atoms with E-state index in [0.29, 0.717) is 6.54 Å². The first kappa shape index (κ1) is 6.81. The molecule has 0 bridgehead atoms. The van der Waals surface area contributed by atoms with Gasteiger partial charge in [-0.15, -0.1) is 0 Å². The molecular weight excluding hydrogens is 126 g/mol. The van der Waals surface area contributed by atoms with E-state index in [0.717, 1.165) is 0 Å². The molecule has 52 valence electrons. The van der Waals surface area contributed by atoms with E-state index >= 15 is 0 Å². The van der Waals surface area contributed by atoms with Gasteiger partial charge in [0, 0.05) is 12.1 Å². The number of hydrogen-bond donors (Lipinski definition) is 1. The number of pyridine rings is 1. The summed E-state index contributed by atoms with van der Waals surface area (Å²) in [6.07, 6.45) is 3.75. The molecule has 0 radical (unpaired) electrons. The van der Waals surface area contributed by atoms with Crippen LogP contribution in [0.25, 0.3) is 0 Å². The molecule has 0 atom stereocenters. The van der Waals surface area contributed by atoms with Crippen molar-refractivity contribution in [2.75, 3.05) is 0 Å². The molecule has 1 aromatic heterocycles. The normalized spacial score (nSPS) is 9.20. The lowest BCUT2D eigenvalue weighted by atomic mass is 10.4. The summed E-state index contributed by atoms with van der Waals surface area (Å²) in [6.45, 7) is 3.86. The predicted octanol–water partition coefficient (Wildman–Crippen LogP) is 1.05. The molecule has 0 aliphatic carbocycles. The maximum Gasteiger partial charge on any atom is 0.204 e. The Morgan fingerprint density at radius 2 is 1.90 bits per heavy atom. The second kappa shape index (κ2) is 3.01. The van der Waals surface area contributed by atoms with E-state index in [2.05, 4.69) is 6.58 Å². The van der Waals surface area contributed by atoms with Gasteiger partial charge in [-0.05, 0) is 0 Å². The van der Waals surface area contributed by atoms with Gasteiger partial charge in [0.1, 0.15) is 0 Å². The van der Waals surface area contributed by atoms with Crippen molar-refractivity contribution in [3.63, 3.8) is 0 Å². The molecule has 1 aromatic rings. The van der Waals surface area contributed by atoms with Crippen LogP contribution in [-0.2, 0) is 6.54 Å². The Hall–Kier alpha value is -1.31. The van der Waals surface area contributed by atoms with Crippen LogP contribution in [0.3, 0.4) is 0 Å². The molecule has 2 nitrogen and oxygen atoms in total. The molecule has 1 heterocycles. The first-order valence-corrected chi connectivity index (χ1v) is 3.10. The molecule has 0 saturated carbocycles. The van der Waals surface area contributed by atoms with Gasteiger partial charge >= 0.3 is 0 Å². The van der Waals surface area contributed by atoms with E-state index in [1.165, 1.54) is 0 Å². The van der Waals surface area contributed by atoms with Crippen molar-refractivity contribution in [3.05, 3.63) is 42.9 Å². The minimum absolute atomic E-state index is 0.177. The molecule has 0 aromatic carbocycles. The molecule has 1 rings (SSSR count). The molecule has 1 N–H and O–H groups in total. The summed E-state index contributed by atoms with van der Waals surface area (Å²) in [4.78, 5) is 0. The third-order valence-corrected chi connectivity index (χ3v) is 1.14. The van der Waals surface area contributed by atoms with Crippen molar-refractivity contribution in [2.24, 2.45) is 0 Å². The summed E-state index contributed by atoms with van der Waals surface area (Å²) in [7, 11) is 0. The minimum atomic E-state index is 0.177. The first-order chi connectivity index (χ1) is 4.79. The Bertz CT molecular complexity index is 218. The third kappa shape index (κ3) is 1.90. The van der Waals surface area contributed by atoms with Crippen LogP contribution in [0.15, 0.2) is 42.9 Å². The number of rotatable bonds is 2. The predicted molar refractivity (Wildman–Crippen MR) is 38.4 cm³/mol. The van der Waals surface area contributed by atoms with Crippen LogP contribution in [0.1, 0.15) is 0 Å². The monoisotopic (exact) mass is 136 g/mol. The Kier molecular flexibility index (Phi) is 2.05. The van der Waals surface area contributed by atoms with Gasteiger partial charge in [-0.25, -0.2) is 0 Å². The van der Waals surface area contributed by atoms with E-state index in [4.69, 9.17) is 5.11 Å². The number of hydrogen-bond acceptors (Lipinski definition) is 1. The topological polar surface area (TPSA) is 24.1 Å². The quantitative estimate of drug-likeness (QED) is 0.477. The van der Waals surface area contributed by atoms with Gasteiger partial charge in [0.05, 0.1) is 0 Å². The average molecular weight is 136 g/mol. The highest BCUT2D eigenvalue weighted by atomic mass is 16.3. The smallest absolute Gasteiger partial charge is 0.204 e. The van der Waals surface area contributed by atoms with Crippen LogP contribution in [0.5, 0.6) is 0 Å². The van der Waals surface area contributed by atoms with Crippen molar-refractivity contribution in [1.82, 2.24) is 0 Å². The summed E-state index contributed by atoms with van der Waals surface area (Å²) in [5, 5.41) is 8.79. The summed E-state index contributed by atoms with van der Waals surface area (Å²) in [5.74, 6) is 0.177. The van der Waals surface area contributed by atoms with E-state index < -0.39 is 0 Å². The zero-order chi connectivity index (χ0) is 7.40. The lowest BCUT2D eigenvalue weighted by Gasteiger charge is -1.91. The largest absolute Gasteiger partial charge is 0.506 e. The number of aliphatic hydroxyl groups is 1. The van der Waals surface area contributed by atoms with Crippen LogP contribution in [0.4, 0.5) is 0 Å². The summed E-state index contributed by atoms with van der Waals surface area (Å²) in [5.41, 5.74) is 0. The molecular formula is C8H10NO+. The molecule has 0 amide bonds. The van der Waals surface area contributed by atoms with Gasteiger partial charge in [-0.2, -0.15) is 4.57 Å². The fourth-order valence-electron chi connectivity index (χ4n) is 0.750. The van der Waals surface area contributed by atoms with Crippen molar-refractivity contribution in [3.8, 4) is 0 Å². The SMILES string of the molecule is C=C(O)C[n+]1ccccc1. The second-order valence-electron chi connectivity index (χ2n) is 2.11. The second-order valence-corrected chi connectivity index (χ2v) is 2.11. The Morgan fingerprint density at radius 1 is 1.30 bits per heavy atom. The van der Waals surface area contributed by atoms with Crippen LogP contribution in [0.2, 0.25) is 0 Å². The van der Waals surface area contributed by atoms with Gasteiger partial charge in [-0.1, -0.05) is 12.6 Å².